The lowest BCUT2D eigenvalue weighted by Crippen LogP contribution is -2.22. The highest BCUT2D eigenvalue weighted by Crippen LogP contribution is 2.46. The van der Waals surface area contributed by atoms with Crippen LogP contribution < -0.4 is 10.3 Å². The predicted octanol–water partition coefficient (Wildman–Crippen LogP) is 5.29. The summed E-state index contributed by atoms with van der Waals surface area (Å²) in [4.78, 5) is 8.74. The van der Waals surface area contributed by atoms with Crippen molar-refractivity contribution in [3.63, 3.8) is 0 Å². The average Bonchev–Trinajstić information content (AvgIpc) is 2.56. The number of anilines is 1. The first kappa shape index (κ1) is 16.0. The van der Waals surface area contributed by atoms with Crippen LogP contribution in [0.1, 0.15) is 26.3 Å². The van der Waals surface area contributed by atoms with E-state index in [9.17, 15) is 0 Å². The van der Waals surface area contributed by atoms with Crippen molar-refractivity contribution in [2.24, 2.45) is 4.99 Å². The van der Waals surface area contributed by atoms with Crippen molar-refractivity contribution < 1.29 is 0 Å². The molecule has 0 N–H and O–H groups in total. The van der Waals surface area contributed by atoms with Crippen LogP contribution in [-0.4, -0.2) is 13.1 Å². The molecule has 0 spiro atoms. The van der Waals surface area contributed by atoms with E-state index in [0.29, 0.717) is 0 Å². The number of fused-ring (bicyclic) bond motifs is 2. The van der Waals surface area contributed by atoms with Gasteiger partial charge in [0.15, 0.2) is 0 Å². The predicted molar refractivity (Wildman–Crippen MR) is 105 cm³/mol. The molecule has 0 saturated carbocycles. The van der Waals surface area contributed by atoms with Crippen LogP contribution >= 0.6 is 28.9 Å². The summed E-state index contributed by atoms with van der Waals surface area (Å²) < 4.78 is 1.37. The summed E-state index contributed by atoms with van der Waals surface area (Å²) in [6, 6.07) is 13.3. The lowest BCUT2D eigenvalue weighted by atomic mass is 10.1. The minimum absolute atomic E-state index is 0.0668. The minimum Gasteiger partial charge on any atom is -0.372 e. The van der Waals surface area contributed by atoms with E-state index in [1.54, 1.807) is 0 Å². The SMILES string of the molecule is CCc1cccc2c1N=c1ccc(N(CC)CC)cc1=S2I. The highest BCUT2D eigenvalue weighted by atomic mass is 127. The Morgan fingerprint density at radius 2 is 1.86 bits per heavy atom. The molecule has 0 radical (unpaired) electrons. The van der Waals surface area contributed by atoms with Gasteiger partial charge in [-0.05, 0) is 71.3 Å². The fourth-order valence-corrected chi connectivity index (χ4v) is 6.31. The van der Waals surface area contributed by atoms with Gasteiger partial charge in [-0.25, -0.2) is 4.99 Å². The maximum absolute atomic E-state index is 4.97. The average molecular weight is 424 g/mol. The largest absolute Gasteiger partial charge is 0.372 e. The lowest BCUT2D eigenvalue weighted by Gasteiger charge is -2.22. The molecule has 0 aliphatic carbocycles. The molecule has 4 heteroatoms. The molecule has 0 amide bonds. The van der Waals surface area contributed by atoms with Crippen LogP contribution in [0.5, 0.6) is 0 Å². The second kappa shape index (κ2) is 6.71. The molecule has 0 aromatic heterocycles. The molecule has 1 aliphatic heterocycles. The third-order valence-corrected chi connectivity index (χ3v) is 8.43. The van der Waals surface area contributed by atoms with Gasteiger partial charge >= 0.3 is 0 Å². The summed E-state index contributed by atoms with van der Waals surface area (Å²) in [5.41, 5.74) is 3.86. The first-order valence-corrected chi connectivity index (χ1v) is 11.6. The van der Waals surface area contributed by atoms with E-state index < -0.39 is 0 Å². The lowest BCUT2D eigenvalue weighted by molar-refractivity contribution is 0.865. The van der Waals surface area contributed by atoms with Crippen LogP contribution in [0.3, 0.4) is 0 Å². The summed E-state index contributed by atoms with van der Waals surface area (Å²) in [6.45, 7) is 8.70. The molecule has 22 heavy (non-hydrogen) atoms. The fraction of sp³-hybridized carbons (Fsp3) is 0.333. The maximum atomic E-state index is 4.97. The van der Waals surface area contributed by atoms with E-state index in [1.807, 2.05) is 0 Å². The monoisotopic (exact) mass is 424 g/mol. The topological polar surface area (TPSA) is 15.6 Å². The molecule has 1 unspecified atom stereocenters. The first-order valence-electron chi connectivity index (χ1n) is 7.82. The quantitative estimate of drug-likeness (QED) is 0.481. The second-order valence-electron chi connectivity index (χ2n) is 5.31. The molecule has 1 aliphatic rings. The van der Waals surface area contributed by atoms with Gasteiger partial charge in [0.2, 0.25) is 0 Å². The Bertz CT molecular complexity index is 825. The molecule has 0 saturated heterocycles. The van der Waals surface area contributed by atoms with Crippen LogP contribution in [0.2, 0.25) is 0 Å². The molecule has 116 valence electrons. The fourth-order valence-electron chi connectivity index (χ4n) is 2.89. The van der Waals surface area contributed by atoms with E-state index >= 15 is 0 Å². The Morgan fingerprint density at radius 3 is 2.55 bits per heavy atom. The first-order chi connectivity index (χ1) is 10.7. The molecule has 2 aromatic carbocycles. The van der Waals surface area contributed by atoms with E-state index in [-0.39, 0.29) is 7.66 Å². The normalized spacial score (nSPS) is 15.7. The van der Waals surface area contributed by atoms with Gasteiger partial charge < -0.3 is 4.90 Å². The van der Waals surface area contributed by atoms with Crippen molar-refractivity contribution in [3.05, 3.63) is 51.8 Å². The molecule has 3 rings (SSSR count). The van der Waals surface area contributed by atoms with Crippen molar-refractivity contribution in [2.45, 2.75) is 32.1 Å². The Hall–Kier alpha value is -0.880. The zero-order chi connectivity index (χ0) is 15.7. The zero-order valence-corrected chi connectivity index (χ0v) is 16.2. The third-order valence-electron chi connectivity index (χ3n) is 4.15. The molecular formula is C18H21IN2S. The van der Waals surface area contributed by atoms with Gasteiger partial charge in [0.1, 0.15) is 0 Å². The van der Waals surface area contributed by atoms with Crippen LogP contribution in [0.4, 0.5) is 11.4 Å². The van der Waals surface area contributed by atoms with Gasteiger partial charge in [-0.2, -0.15) is 0 Å². The summed E-state index contributed by atoms with van der Waals surface area (Å²) >= 11 is 2.59. The van der Waals surface area contributed by atoms with Gasteiger partial charge in [-0.15, -0.1) is 0 Å². The van der Waals surface area contributed by atoms with Crippen molar-refractivity contribution in [2.75, 3.05) is 18.0 Å². The van der Waals surface area contributed by atoms with E-state index in [2.05, 4.69) is 83.3 Å². The highest BCUT2D eigenvalue weighted by Gasteiger charge is 2.14. The summed E-state index contributed by atoms with van der Waals surface area (Å²) in [5, 5.41) is 1.14. The Kier molecular flexibility index (Phi) is 4.88. The van der Waals surface area contributed by atoms with Gasteiger partial charge in [-0.3, -0.25) is 0 Å². The summed E-state index contributed by atoms with van der Waals surface area (Å²) in [7, 11) is 0.0668. The van der Waals surface area contributed by atoms with Crippen molar-refractivity contribution in [1.29, 1.82) is 0 Å². The van der Waals surface area contributed by atoms with Crippen LogP contribution in [0.15, 0.2) is 46.3 Å². The molecule has 1 heterocycles. The molecule has 2 nitrogen and oxygen atoms in total. The minimum atomic E-state index is 0.0668. The number of hydrogen-bond donors (Lipinski definition) is 0. The summed E-state index contributed by atoms with van der Waals surface area (Å²) in [6.07, 6.45) is 1.04. The molecular weight excluding hydrogens is 403 g/mol. The number of rotatable bonds is 4. The number of nitrogens with zero attached hydrogens (tertiary/aromatic N) is 2. The second-order valence-corrected chi connectivity index (χ2v) is 9.34. The van der Waals surface area contributed by atoms with E-state index in [1.165, 1.54) is 26.3 Å². The Morgan fingerprint density at radius 1 is 1.09 bits per heavy atom. The number of aryl methyl sites for hydroxylation is 1. The zero-order valence-electron chi connectivity index (χ0n) is 13.3. The molecule has 2 aromatic rings. The van der Waals surface area contributed by atoms with Crippen molar-refractivity contribution in [3.8, 4) is 0 Å². The number of benzene rings is 2. The number of para-hydroxylation sites is 1. The molecule has 0 bridgehead atoms. The number of hydrogen-bond acceptors (Lipinski definition) is 2. The summed E-state index contributed by atoms with van der Waals surface area (Å²) in [5.74, 6) is 0. The van der Waals surface area contributed by atoms with Crippen LogP contribution in [0, 0.1) is 4.51 Å². The van der Waals surface area contributed by atoms with E-state index in [0.717, 1.165) is 24.9 Å². The maximum Gasteiger partial charge on any atom is 0.0808 e. The number of halogens is 1. The highest BCUT2D eigenvalue weighted by molar-refractivity contribution is 14.2. The van der Waals surface area contributed by atoms with Crippen LogP contribution in [0.25, 0.3) is 0 Å². The Labute approximate surface area is 146 Å². The standard InChI is InChI=1S/C18H21IN2S/c1-4-13-8-7-9-16-18(13)20-15-11-10-14(21(5-2)6-3)12-17(15)22(16)19/h7-12H,4-6H2,1-3H3. The van der Waals surface area contributed by atoms with E-state index in [4.69, 9.17) is 4.99 Å². The smallest absolute Gasteiger partial charge is 0.0808 e. The van der Waals surface area contributed by atoms with Crippen molar-refractivity contribution >= 4 is 40.2 Å². The molecule has 0 fully saturated rings. The molecule has 1 atom stereocenters. The van der Waals surface area contributed by atoms with Crippen LogP contribution in [-0.2, 0) is 6.42 Å². The van der Waals surface area contributed by atoms with Gasteiger partial charge in [0.25, 0.3) is 0 Å². The van der Waals surface area contributed by atoms with Gasteiger partial charge in [0.05, 0.1) is 11.0 Å². The third kappa shape index (κ3) is 2.71. The van der Waals surface area contributed by atoms with Gasteiger partial charge in [0, 0.05) is 28.2 Å². The van der Waals surface area contributed by atoms with Crippen molar-refractivity contribution in [1.82, 2.24) is 0 Å². The Balaban J connectivity index is 2.24. The van der Waals surface area contributed by atoms with Gasteiger partial charge in [-0.1, -0.05) is 26.7 Å².